The van der Waals surface area contributed by atoms with Crippen molar-refractivity contribution in [2.45, 2.75) is 52.2 Å². The molecule has 3 heterocycles. The number of benzene rings is 1. The second-order valence-electron chi connectivity index (χ2n) is 8.64. The maximum atomic E-state index is 5.35. The smallest absolute Gasteiger partial charge is 0.225 e. The van der Waals surface area contributed by atoms with Crippen LogP contribution in [0.1, 0.15) is 49.2 Å². The first-order valence-corrected chi connectivity index (χ1v) is 11.5. The van der Waals surface area contributed by atoms with Gasteiger partial charge in [-0.3, -0.25) is 9.58 Å². The third-order valence-corrected chi connectivity index (χ3v) is 6.41. The van der Waals surface area contributed by atoms with E-state index in [1.807, 2.05) is 43.5 Å². The molecule has 0 saturated carbocycles. The number of rotatable bonds is 7. The molecule has 4 rings (SSSR count). The Kier molecular flexibility index (Phi) is 6.74. The van der Waals surface area contributed by atoms with Gasteiger partial charge in [-0.15, -0.1) is 0 Å². The summed E-state index contributed by atoms with van der Waals surface area (Å²) in [5.74, 6) is 1.60. The van der Waals surface area contributed by atoms with Crippen LogP contribution in [-0.2, 0) is 13.1 Å². The zero-order valence-electron chi connectivity index (χ0n) is 19.9. The van der Waals surface area contributed by atoms with Crippen molar-refractivity contribution in [2.24, 2.45) is 0 Å². The molecule has 1 saturated heterocycles. The largest absolute Gasteiger partial charge is 0.497 e. The van der Waals surface area contributed by atoms with E-state index in [0.717, 1.165) is 54.6 Å². The number of likely N-dealkylation sites (tertiary alicyclic amines) is 1. The summed E-state index contributed by atoms with van der Waals surface area (Å²) in [6.07, 6.45) is 7.51. The Labute approximate surface area is 191 Å². The Morgan fingerprint density at radius 2 is 1.91 bits per heavy atom. The second kappa shape index (κ2) is 9.69. The molecule has 0 spiro atoms. The van der Waals surface area contributed by atoms with Gasteiger partial charge in [-0.1, -0.05) is 18.6 Å². The molecule has 1 aliphatic heterocycles. The van der Waals surface area contributed by atoms with Gasteiger partial charge in [-0.25, -0.2) is 9.97 Å². The van der Waals surface area contributed by atoms with Gasteiger partial charge in [0.15, 0.2) is 0 Å². The molecule has 7 nitrogen and oxygen atoms in total. The summed E-state index contributed by atoms with van der Waals surface area (Å²) in [5.41, 5.74) is 5.87. The maximum absolute atomic E-state index is 5.35. The van der Waals surface area contributed by atoms with Gasteiger partial charge < -0.3 is 9.64 Å². The Hall–Kier alpha value is -2.93. The molecule has 0 radical (unpaired) electrons. The van der Waals surface area contributed by atoms with Crippen molar-refractivity contribution in [1.82, 2.24) is 24.6 Å². The monoisotopic (exact) mass is 434 g/mol. The highest BCUT2D eigenvalue weighted by atomic mass is 16.5. The SMILES string of the molecule is CCn1ncc(CN2CCCC[C@H]2c2nc(N(C)C)ncc2-c2ccc(OC)cc2)c1C. The Morgan fingerprint density at radius 3 is 2.56 bits per heavy atom. The number of nitrogens with zero attached hydrogens (tertiary/aromatic N) is 6. The van der Waals surface area contributed by atoms with Crippen LogP contribution in [0.15, 0.2) is 36.7 Å². The third kappa shape index (κ3) is 4.48. The summed E-state index contributed by atoms with van der Waals surface area (Å²) in [6.45, 7) is 7.15. The predicted molar refractivity (Wildman–Crippen MR) is 128 cm³/mol. The van der Waals surface area contributed by atoms with Gasteiger partial charge in [-0.05, 0) is 50.9 Å². The van der Waals surface area contributed by atoms with Crippen LogP contribution in [0.3, 0.4) is 0 Å². The van der Waals surface area contributed by atoms with Crippen molar-refractivity contribution in [2.75, 3.05) is 32.6 Å². The van der Waals surface area contributed by atoms with E-state index in [2.05, 4.69) is 45.6 Å². The predicted octanol–water partition coefficient (Wildman–Crippen LogP) is 4.47. The van der Waals surface area contributed by atoms with E-state index >= 15 is 0 Å². The van der Waals surface area contributed by atoms with Gasteiger partial charge in [0.1, 0.15) is 5.75 Å². The number of aromatic nitrogens is 4. The Balaban J connectivity index is 1.73. The number of ether oxygens (including phenoxy) is 1. The Morgan fingerprint density at radius 1 is 1.12 bits per heavy atom. The van der Waals surface area contributed by atoms with Gasteiger partial charge in [0.05, 0.1) is 25.0 Å². The maximum Gasteiger partial charge on any atom is 0.225 e. The molecule has 2 aromatic heterocycles. The fourth-order valence-corrected chi connectivity index (χ4v) is 4.52. The summed E-state index contributed by atoms with van der Waals surface area (Å²) >= 11 is 0. The highest BCUT2D eigenvalue weighted by Gasteiger charge is 2.29. The van der Waals surface area contributed by atoms with Gasteiger partial charge in [-0.2, -0.15) is 5.10 Å². The van der Waals surface area contributed by atoms with Crippen LogP contribution in [0.2, 0.25) is 0 Å². The van der Waals surface area contributed by atoms with Crippen LogP contribution >= 0.6 is 0 Å². The molecule has 0 aliphatic carbocycles. The molecular weight excluding hydrogens is 400 g/mol. The molecule has 0 unspecified atom stereocenters. The van der Waals surface area contributed by atoms with E-state index in [9.17, 15) is 0 Å². The average Bonchev–Trinajstić information content (AvgIpc) is 3.18. The van der Waals surface area contributed by atoms with E-state index in [-0.39, 0.29) is 6.04 Å². The lowest BCUT2D eigenvalue weighted by Crippen LogP contribution is -2.34. The van der Waals surface area contributed by atoms with E-state index in [1.165, 1.54) is 24.1 Å². The molecule has 0 amide bonds. The topological polar surface area (TPSA) is 59.3 Å². The normalized spacial score (nSPS) is 16.8. The zero-order valence-corrected chi connectivity index (χ0v) is 19.9. The van der Waals surface area contributed by atoms with Crippen LogP contribution < -0.4 is 9.64 Å². The van der Waals surface area contributed by atoms with Crippen molar-refractivity contribution in [3.63, 3.8) is 0 Å². The summed E-state index contributed by atoms with van der Waals surface area (Å²) in [5, 5.41) is 4.56. The number of piperidine rings is 1. The zero-order chi connectivity index (χ0) is 22.7. The lowest BCUT2D eigenvalue weighted by molar-refractivity contribution is 0.137. The average molecular weight is 435 g/mol. The number of anilines is 1. The van der Waals surface area contributed by atoms with Crippen molar-refractivity contribution >= 4 is 5.95 Å². The minimum absolute atomic E-state index is 0.243. The molecule has 0 bridgehead atoms. The minimum atomic E-state index is 0.243. The standard InChI is InChI=1S/C25H34N6O/c1-6-31-18(2)20(15-27-31)17-30-14-8-7-9-23(30)24-22(16-26-25(28-24)29(3)4)19-10-12-21(32-5)13-11-19/h10-13,15-16,23H,6-9,14,17H2,1-5H3/t23-/m0/s1. The molecule has 1 aliphatic rings. The van der Waals surface area contributed by atoms with Crippen LogP contribution in [0.4, 0.5) is 5.95 Å². The lowest BCUT2D eigenvalue weighted by Gasteiger charge is -2.36. The van der Waals surface area contributed by atoms with E-state index < -0.39 is 0 Å². The molecule has 32 heavy (non-hydrogen) atoms. The summed E-state index contributed by atoms with van der Waals surface area (Å²) in [7, 11) is 5.68. The lowest BCUT2D eigenvalue weighted by atomic mass is 9.93. The quantitative estimate of drug-likeness (QED) is 0.547. The van der Waals surface area contributed by atoms with Gasteiger partial charge >= 0.3 is 0 Å². The van der Waals surface area contributed by atoms with Crippen molar-refractivity contribution < 1.29 is 4.74 Å². The molecule has 1 fully saturated rings. The minimum Gasteiger partial charge on any atom is -0.497 e. The molecule has 0 N–H and O–H groups in total. The summed E-state index contributed by atoms with van der Waals surface area (Å²) in [4.78, 5) is 14.3. The second-order valence-corrected chi connectivity index (χ2v) is 8.64. The molecule has 7 heteroatoms. The summed E-state index contributed by atoms with van der Waals surface area (Å²) in [6, 6.07) is 8.44. The molecule has 1 atom stereocenters. The van der Waals surface area contributed by atoms with E-state index in [4.69, 9.17) is 9.72 Å². The van der Waals surface area contributed by atoms with Crippen molar-refractivity contribution in [3.05, 3.63) is 53.6 Å². The fraction of sp³-hybridized carbons (Fsp3) is 0.480. The molecule has 170 valence electrons. The van der Waals surface area contributed by atoms with Crippen molar-refractivity contribution in [1.29, 1.82) is 0 Å². The van der Waals surface area contributed by atoms with Crippen LogP contribution in [0.5, 0.6) is 5.75 Å². The van der Waals surface area contributed by atoms with E-state index in [0.29, 0.717) is 0 Å². The van der Waals surface area contributed by atoms with Crippen molar-refractivity contribution in [3.8, 4) is 16.9 Å². The number of hydrogen-bond acceptors (Lipinski definition) is 6. The van der Waals surface area contributed by atoms with Crippen LogP contribution in [0, 0.1) is 6.92 Å². The number of methoxy groups -OCH3 is 1. The third-order valence-electron chi connectivity index (χ3n) is 6.41. The van der Waals surface area contributed by atoms with Gasteiger partial charge in [0, 0.05) is 50.2 Å². The molecule has 3 aromatic rings. The summed E-state index contributed by atoms with van der Waals surface area (Å²) < 4.78 is 7.43. The highest BCUT2D eigenvalue weighted by Crippen LogP contribution is 2.37. The first-order chi connectivity index (χ1) is 15.5. The highest BCUT2D eigenvalue weighted by molar-refractivity contribution is 5.67. The number of aryl methyl sites for hydroxylation is 1. The fourth-order valence-electron chi connectivity index (χ4n) is 4.52. The van der Waals surface area contributed by atoms with Gasteiger partial charge in [0.25, 0.3) is 0 Å². The van der Waals surface area contributed by atoms with Crippen LogP contribution in [-0.4, -0.2) is 52.4 Å². The first-order valence-electron chi connectivity index (χ1n) is 11.5. The van der Waals surface area contributed by atoms with Crippen LogP contribution in [0.25, 0.3) is 11.1 Å². The molecular formula is C25H34N6O. The first kappa shape index (κ1) is 22.3. The number of hydrogen-bond donors (Lipinski definition) is 0. The van der Waals surface area contributed by atoms with Gasteiger partial charge in [0.2, 0.25) is 5.95 Å². The molecule has 1 aromatic carbocycles. The Bertz CT molecular complexity index is 1040. The van der Waals surface area contributed by atoms with E-state index in [1.54, 1.807) is 7.11 Å².